The average molecular weight is 313 g/mol. The van der Waals surface area contributed by atoms with E-state index < -0.39 is 0 Å². The third-order valence-corrected chi connectivity index (χ3v) is 4.65. The summed E-state index contributed by atoms with van der Waals surface area (Å²) >= 11 is 0. The van der Waals surface area contributed by atoms with E-state index in [2.05, 4.69) is 24.0 Å². The minimum absolute atomic E-state index is 0.166. The molecule has 1 atom stereocenters. The van der Waals surface area contributed by atoms with Gasteiger partial charge in [-0.25, -0.2) is 4.39 Å². The van der Waals surface area contributed by atoms with Gasteiger partial charge in [-0.05, 0) is 36.1 Å². The van der Waals surface area contributed by atoms with Crippen molar-refractivity contribution < 1.29 is 9.13 Å². The molecule has 0 aromatic heterocycles. The highest BCUT2D eigenvalue weighted by Crippen LogP contribution is 2.26. The van der Waals surface area contributed by atoms with Crippen molar-refractivity contribution in [2.24, 2.45) is 0 Å². The summed E-state index contributed by atoms with van der Waals surface area (Å²) < 4.78 is 19.2. The van der Waals surface area contributed by atoms with E-state index in [4.69, 9.17) is 4.74 Å². The zero-order valence-corrected chi connectivity index (χ0v) is 13.7. The zero-order valence-electron chi connectivity index (χ0n) is 13.7. The van der Waals surface area contributed by atoms with Gasteiger partial charge in [0.1, 0.15) is 5.82 Å². The van der Waals surface area contributed by atoms with Gasteiger partial charge in [-0.2, -0.15) is 0 Å². The third-order valence-electron chi connectivity index (χ3n) is 4.65. The van der Waals surface area contributed by atoms with Crippen molar-refractivity contribution in [3.63, 3.8) is 0 Å². The largest absolute Gasteiger partial charge is 0.379 e. The van der Waals surface area contributed by atoms with Crippen LogP contribution in [0.5, 0.6) is 0 Å². The highest BCUT2D eigenvalue weighted by Gasteiger charge is 2.13. The Labute approximate surface area is 137 Å². The normalized spacial score (nSPS) is 17.1. The van der Waals surface area contributed by atoms with Crippen LogP contribution in [0.15, 0.2) is 48.5 Å². The predicted octanol–water partition coefficient (Wildman–Crippen LogP) is 4.32. The molecule has 1 saturated heterocycles. The lowest BCUT2D eigenvalue weighted by molar-refractivity contribution is 0.0367. The first kappa shape index (κ1) is 16.2. The van der Waals surface area contributed by atoms with E-state index in [0.29, 0.717) is 11.5 Å². The van der Waals surface area contributed by atoms with Crippen molar-refractivity contribution in [1.82, 2.24) is 4.90 Å². The SMILES string of the molecule is CC(CCN1CCOCC1)c1ccc(-c2ccccc2F)cc1. The molecule has 0 saturated carbocycles. The molecule has 2 aromatic carbocycles. The lowest BCUT2D eigenvalue weighted by Crippen LogP contribution is -2.37. The maximum Gasteiger partial charge on any atom is 0.131 e. The fraction of sp³-hybridized carbons (Fsp3) is 0.400. The second-order valence-electron chi connectivity index (χ2n) is 6.25. The van der Waals surface area contributed by atoms with Crippen LogP contribution in [-0.2, 0) is 4.74 Å². The van der Waals surface area contributed by atoms with Gasteiger partial charge in [0.2, 0.25) is 0 Å². The van der Waals surface area contributed by atoms with Gasteiger partial charge in [-0.1, -0.05) is 49.4 Å². The van der Waals surface area contributed by atoms with Crippen molar-refractivity contribution in [1.29, 1.82) is 0 Å². The molecule has 3 heteroatoms. The highest BCUT2D eigenvalue weighted by atomic mass is 19.1. The van der Waals surface area contributed by atoms with Crippen LogP contribution in [-0.4, -0.2) is 37.7 Å². The molecule has 0 aliphatic carbocycles. The number of benzene rings is 2. The topological polar surface area (TPSA) is 12.5 Å². The van der Waals surface area contributed by atoms with Gasteiger partial charge in [0, 0.05) is 18.7 Å². The van der Waals surface area contributed by atoms with Crippen LogP contribution < -0.4 is 0 Å². The van der Waals surface area contributed by atoms with Crippen molar-refractivity contribution in [3.05, 3.63) is 59.9 Å². The zero-order chi connectivity index (χ0) is 16.1. The Morgan fingerprint density at radius 2 is 1.74 bits per heavy atom. The lowest BCUT2D eigenvalue weighted by atomic mass is 9.95. The van der Waals surface area contributed by atoms with Crippen LogP contribution in [0.25, 0.3) is 11.1 Å². The van der Waals surface area contributed by atoms with E-state index >= 15 is 0 Å². The molecule has 0 amide bonds. The summed E-state index contributed by atoms with van der Waals surface area (Å²) in [6, 6.07) is 15.2. The van der Waals surface area contributed by atoms with Gasteiger partial charge < -0.3 is 4.74 Å². The molecule has 1 aliphatic rings. The van der Waals surface area contributed by atoms with Crippen molar-refractivity contribution >= 4 is 0 Å². The number of hydrogen-bond donors (Lipinski definition) is 0. The molecule has 2 aromatic rings. The van der Waals surface area contributed by atoms with Crippen LogP contribution in [0, 0.1) is 5.82 Å². The monoisotopic (exact) mass is 313 g/mol. The van der Waals surface area contributed by atoms with E-state index in [-0.39, 0.29) is 5.82 Å². The number of morpholine rings is 1. The van der Waals surface area contributed by atoms with Crippen LogP contribution in [0.4, 0.5) is 4.39 Å². The van der Waals surface area contributed by atoms with Crippen LogP contribution >= 0.6 is 0 Å². The first-order valence-electron chi connectivity index (χ1n) is 8.39. The van der Waals surface area contributed by atoms with Crippen molar-refractivity contribution in [3.8, 4) is 11.1 Å². The van der Waals surface area contributed by atoms with Gasteiger partial charge in [0.15, 0.2) is 0 Å². The van der Waals surface area contributed by atoms with E-state index in [1.54, 1.807) is 6.07 Å². The standard InChI is InChI=1S/C20H24FNO/c1-16(10-11-22-12-14-23-15-13-22)17-6-8-18(9-7-17)19-4-2-3-5-20(19)21/h2-9,16H,10-15H2,1H3. The molecule has 0 spiro atoms. The van der Waals surface area contributed by atoms with Crippen molar-refractivity contribution in [2.75, 3.05) is 32.8 Å². The maximum absolute atomic E-state index is 13.8. The molecule has 0 bridgehead atoms. The van der Waals surface area contributed by atoms with Crippen LogP contribution in [0.3, 0.4) is 0 Å². The van der Waals surface area contributed by atoms with Gasteiger partial charge in [0.05, 0.1) is 13.2 Å². The minimum Gasteiger partial charge on any atom is -0.379 e. The summed E-state index contributed by atoms with van der Waals surface area (Å²) in [5.74, 6) is 0.341. The van der Waals surface area contributed by atoms with Gasteiger partial charge in [-0.15, -0.1) is 0 Å². The Balaban J connectivity index is 1.61. The Morgan fingerprint density at radius 1 is 1.04 bits per heavy atom. The third kappa shape index (κ3) is 4.18. The molecule has 1 aliphatic heterocycles. The molecule has 23 heavy (non-hydrogen) atoms. The number of ether oxygens (including phenoxy) is 1. The molecular formula is C20H24FNO. The second kappa shape index (κ2) is 7.71. The first-order chi connectivity index (χ1) is 11.2. The number of halogens is 1. The predicted molar refractivity (Wildman–Crippen MR) is 92.1 cm³/mol. The summed E-state index contributed by atoms with van der Waals surface area (Å²) in [5, 5.41) is 0. The fourth-order valence-electron chi connectivity index (χ4n) is 3.05. The Morgan fingerprint density at radius 3 is 2.43 bits per heavy atom. The molecule has 0 radical (unpaired) electrons. The smallest absolute Gasteiger partial charge is 0.131 e. The minimum atomic E-state index is -0.166. The van der Waals surface area contributed by atoms with E-state index in [1.807, 2.05) is 24.3 Å². The van der Waals surface area contributed by atoms with Gasteiger partial charge in [0.25, 0.3) is 0 Å². The van der Waals surface area contributed by atoms with E-state index in [1.165, 1.54) is 11.6 Å². The average Bonchev–Trinajstić information content (AvgIpc) is 2.61. The number of nitrogens with zero attached hydrogens (tertiary/aromatic N) is 1. The summed E-state index contributed by atoms with van der Waals surface area (Å²) in [6.07, 6.45) is 1.14. The summed E-state index contributed by atoms with van der Waals surface area (Å²) in [6.45, 7) is 7.16. The fourth-order valence-corrected chi connectivity index (χ4v) is 3.05. The molecule has 2 nitrogen and oxygen atoms in total. The molecule has 0 N–H and O–H groups in total. The number of rotatable bonds is 5. The number of hydrogen-bond acceptors (Lipinski definition) is 2. The lowest BCUT2D eigenvalue weighted by Gasteiger charge is -2.27. The first-order valence-corrected chi connectivity index (χ1v) is 8.39. The van der Waals surface area contributed by atoms with E-state index in [0.717, 1.165) is 44.8 Å². The van der Waals surface area contributed by atoms with Crippen LogP contribution in [0.1, 0.15) is 24.8 Å². The molecule has 1 fully saturated rings. The molecule has 122 valence electrons. The van der Waals surface area contributed by atoms with Crippen molar-refractivity contribution in [2.45, 2.75) is 19.3 Å². The Bertz CT molecular complexity index is 620. The molecule has 3 rings (SSSR count). The van der Waals surface area contributed by atoms with Gasteiger partial charge >= 0.3 is 0 Å². The highest BCUT2D eigenvalue weighted by molar-refractivity contribution is 5.64. The second-order valence-corrected chi connectivity index (χ2v) is 6.25. The van der Waals surface area contributed by atoms with Gasteiger partial charge in [-0.3, -0.25) is 4.90 Å². The molecular weight excluding hydrogens is 289 g/mol. The maximum atomic E-state index is 13.8. The Hall–Kier alpha value is -1.71. The summed E-state index contributed by atoms with van der Waals surface area (Å²) in [4.78, 5) is 2.47. The molecule has 1 heterocycles. The summed E-state index contributed by atoms with van der Waals surface area (Å²) in [7, 11) is 0. The molecule has 1 unspecified atom stereocenters. The van der Waals surface area contributed by atoms with E-state index in [9.17, 15) is 4.39 Å². The summed E-state index contributed by atoms with van der Waals surface area (Å²) in [5.41, 5.74) is 2.92. The van der Waals surface area contributed by atoms with Crippen LogP contribution in [0.2, 0.25) is 0 Å². The Kier molecular flexibility index (Phi) is 5.42. The quantitative estimate of drug-likeness (QED) is 0.815.